The number of nitrogens with one attached hydrogen (secondary N) is 1. The topological polar surface area (TPSA) is 83.1 Å². The van der Waals surface area contributed by atoms with Crippen molar-refractivity contribution in [1.82, 2.24) is 10.2 Å². The molecule has 3 rings (SSSR count). The van der Waals surface area contributed by atoms with E-state index in [0.717, 1.165) is 53.8 Å². The highest BCUT2D eigenvalue weighted by Gasteiger charge is 2.23. The number of halogens is 1. The first-order valence-corrected chi connectivity index (χ1v) is 9.77. The molecule has 0 fully saturated rings. The summed E-state index contributed by atoms with van der Waals surface area (Å²) < 4.78 is 30.7. The Hall–Kier alpha value is -1.63. The van der Waals surface area contributed by atoms with E-state index in [1.165, 1.54) is 11.6 Å². The largest absolute Gasteiger partial charge is 0.287 e. The molecule has 128 valence electrons. The summed E-state index contributed by atoms with van der Waals surface area (Å²) in [6.07, 6.45) is 6.25. The van der Waals surface area contributed by atoms with Crippen LogP contribution >= 0.6 is 11.6 Å². The highest BCUT2D eigenvalue weighted by atomic mass is 35.5. The third kappa shape index (κ3) is 4.26. The van der Waals surface area contributed by atoms with Gasteiger partial charge in [0.1, 0.15) is 0 Å². The average Bonchev–Trinajstić information content (AvgIpc) is 2.80. The maximum absolute atomic E-state index is 10.9. The molecule has 0 spiro atoms. The first kappa shape index (κ1) is 17.2. The Labute approximate surface area is 146 Å². The Morgan fingerprint density at radius 3 is 2.96 bits per heavy atom. The molecule has 1 aliphatic carbocycles. The van der Waals surface area contributed by atoms with Gasteiger partial charge in [-0.25, -0.2) is 0 Å². The van der Waals surface area contributed by atoms with Crippen molar-refractivity contribution in [2.75, 3.05) is 0 Å². The molecular formula is C17H19ClN2O3S. The second kappa shape index (κ2) is 7.09. The molecule has 7 heteroatoms. The van der Waals surface area contributed by atoms with Crippen molar-refractivity contribution in [1.29, 1.82) is 0 Å². The van der Waals surface area contributed by atoms with Gasteiger partial charge in [-0.05, 0) is 49.5 Å². The molecule has 1 unspecified atom stereocenters. The van der Waals surface area contributed by atoms with Crippen LogP contribution in [0.2, 0.25) is 5.02 Å². The lowest BCUT2D eigenvalue weighted by Gasteiger charge is -2.14. The summed E-state index contributed by atoms with van der Waals surface area (Å²) in [5, 5.41) is 8.82. The molecule has 1 heterocycles. The van der Waals surface area contributed by atoms with Crippen LogP contribution in [-0.4, -0.2) is 23.2 Å². The zero-order valence-electron chi connectivity index (χ0n) is 13.1. The number of fused-ring (bicyclic) bond motifs is 1. The van der Waals surface area contributed by atoms with Gasteiger partial charge < -0.3 is 0 Å². The maximum Gasteiger partial charge on any atom is 0.287 e. The van der Waals surface area contributed by atoms with E-state index in [9.17, 15) is 8.42 Å². The third-order valence-corrected chi connectivity index (χ3v) is 5.05. The van der Waals surface area contributed by atoms with Gasteiger partial charge >= 0.3 is 0 Å². The quantitative estimate of drug-likeness (QED) is 0.633. The zero-order valence-corrected chi connectivity index (χ0v) is 14.6. The van der Waals surface area contributed by atoms with Crippen molar-refractivity contribution < 1.29 is 13.0 Å². The van der Waals surface area contributed by atoms with Crippen LogP contribution in [-0.2, 0) is 23.0 Å². The van der Waals surface area contributed by atoms with Crippen molar-refractivity contribution in [3.05, 3.63) is 57.2 Å². The first-order valence-electron chi connectivity index (χ1n) is 7.89. The predicted molar refractivity (Wildman–Crippen MR) is 94.6 cm³/mol. The van der Waals surface area contributed by atoms with Gasteiger partial charge in [-0.1, -0.05) is 30.2 Å². The molecule has 24 heavy (non-hydrogen) atoms. The lowest BCUT2D eigenvalue weighted by molar-refractivity contribution is 0.494. The molecular weight excluding hydrogens is 348 g/mol. The highest BCUT2D eigenvalue weighted by Crippen LogP contribution is 2.34. The van der Waals surface area contributed by atoms with Gasteiger partial charge in [-0.15, -0.1) is 0 Å². The molecule has 2 aromatic rings. The lowest BCUT2D eigenvalue weighted by atomic mass is 9.91. The van der Waals surface area contributed by atoms with E-state index in [2.05, 4.69) is 16.3 Å². The normalized spacial score (nSPS) is 18.5. The van der Waals surface area contributed by atoms with Crippen LogP contribution in [0.25, 0.3) is 6.08 Å². The average molecular weight is 367 g/mol. The molecule has 1 atom stereocenters. The van der Waals surface area contributed by atoms with Crippen LogP contribution in [0.15, 0.2) is 29.7 Å². The second-order valence-electron chi connectivity index (χ2n) is 6.10. The van der Waals surface area contributed by atoms with Gasteiger partial charge in [-0.2, -0.15) is 13.5 Å². The van der Waals surface area contributed by atoms with Gasteiger partial charge in [0, 0.05) is 22.2 Å². The fraction of sp³-hybridized carbons (Fsp3) is 0.353. The van der Waals surface area contributed by atoms with E-state index in [1.54, 1.807) is 0 Å². The van der Waals surface area contributed by atoms with Crippen LogP contribution in [0, 0.1) is 0 Å². The molecule has 1 aromatic carbocycles. The van der Waals surface area contributed by atoms with Crippen molar-refractivity contribution in [2.45, 2.75) is 38.0 Å². The van der Waals surface area contributed by atoms with Crippen molar-refractivity contribution in [3.8, 4) is 0 Å². The standard InChI is InChI=1S/C17H19ClN2O3S/c18-14-6-3-4-12(11-14)10-13-5-1-2-7-15-16(19-20-17(13)15)8-9-24(21,22)23/h3-4,6,8-9,11,13H,1-2,5,7,10H2,(H,19,20)(H,21,22,23)/b9-8+. The summed E-state index contributed by atoms with van der Waals surface area (Å²) in [5.74, 6) is 0.293. The summed E-state index contributed by atoms with van der Waals surface area (Å²) in [6.45, 7) is 0. The lowest BCUT2D eigenvalue weighted by Crippen LogP contribution is -2.04. The molecule has 1 aliphatic rings. The smallest absolute Gasteiger partial charge is 0.282 e. The molecule has 5 nitrogen and oxygen atoms in total. The van der Waals surface area contributed by atoms with Gasteiger partial charge in [0.2, 0.25) is 0 Å². The number of aromatic nitrogens is 2. The molecule has 1 aromatic heterocycles. The minimum absolute atomic E-state index is 0.293. The van der Waals surface area contributed by atoms with Gasteiger partial charge in [0.25, 0.3) is 10.1 Å². The van der Waals surface area contributed by atoms with Crippen molar-refractivity contribution in [2.24, 2.45) is 0 Å². The first-order chi connectivity index (χ1) is 11.4. The Bertz CT molecular complexity index is 858. The van der Waals surface area contributed by atoms with E-state index in [1.807, 2.05) is 18.2 Å². The zero-order chi connectivity index (χ0) is 17.2. The monoisotopic (exact) mass is 366 g/mol. The fourth-order valence-corrected chi connectivity index (χ4v) is 3.79. The molecule has 2 N–H and O–H groups in total. The maximum atomic E-state index is 10.9. The van der Waals surface area contributed by atoms with E-state index >= 15 is 0 Å². The van der Waals surface area contributed by atoms with Gasteiger partial charge in [0.05, 0.1) is 11.1 Å². The Morgan fingerprint density at radius 2 is 2.21 bits per heavy atom. The van der Waals surface area contributed by atoms with Crippen LogP contribution < -0.4 is 0 Å². The van der Waals surface area contributed by atoms with E-state index in [-0.39, 0.29) is 0 Å². The Kier molecular flexibility index (Phi) is 5.08. The summed E-state index contributed by atoms with van der Waals surface area (Å²) in [5.41, 5.74) is 3.85. The van der Waals surface area contributed by atoms with Gasteiger partial charge in [0.15, 0.2) is 0 Å². The van der Waals surface area contributed by atoms with Crippen LogP contribution in [0.1, 0.15) is 47.7 Å². The minimum Gasteiger partial charge on any atom is -0.282 e. The van der Waals surface area contributed by atoms with Crippen molar-refractivity contribution >= 4 is 27.8 Å². The molecule has 0 amide bonds. The fourth-order valence-electron chi connectivity index (χ4n) is 3.27. The molecule has 0 radical (unpaired) electrons. The minimum atomic E-state index is -4.15. The Morgan fingerprint density at radius 1 is 1.38 bits per heavy atom. The number of hydrogen-bond donors (Lipinski definition) is 2. The van der Waals surface area contributed by atoms with Crippen LogP contribution in [0.5, 0.6) is 0 Å². The molecule has 0 saturated carbocycles. The SMILES string of the molecule is O=S(=O)(O)/C=C/c1n[nH]c2c1CCCCC2Cc1cccc(Cl)c1. The molecule has 0 bridgehead atoms. The van der Waals surface area contributed by atoms with E-state index in [4.69, 9.17) is 16.2 Å². The number of H-pyrrole nitrogens is 1. The highest BCUT2D eigenvalue weighted by molar-refractivity contribution is 7.88. The third-order valence-electron chi connectivity index (χ3n) is 4.34. The second-order valence-corrected chi connectivity index (χ2v) is 7.83. The number of hydrogen-bond acceptors (Lipinski definition) is 3. The van der Waals surface area contributed by atoms with Gasteiger partial charge in [-0.3, -0.25) is 9.65 Å². The van der Waals surface area contributed by atoms with Crippen molar-refractivity contribution in [3.63, 3.8) is 0 Å². The summed E-state index contributed by atoms with van der Waals surface area (Å²) in [6, 6.07) is 7.84. The van der Waals surface area contributed by atoms with Crippen LogP contribution in [0.3, 0.4) is 0 Å². The predicted octanol–water partition coefficient (Wildman–Crippen LogP) is 3.97. The number of benzene rings is 1. The summed E-state index contributed by atoms with van der Waals surface area (Å²) in [4.78, 5) is 0. The molecule has 0 saturated heterocycles. The molecule has 0 aliphatic heterocycles. The van der Waals surface area contributed by atoms with E-state index in [0.29, 0.717) is 11.6 Å². The number of rotatable bonds is 4. The number of aromatic amines is 1. The Balaban J connectivity index is 1.90. The summed E-state index contributed by atoms with van der Waals surface area (Å²) in [7, 11) is -4.15. The van der Waals surface area contributed by atoms with Crippen LogP contribution in [0.4, 0.5) is 0 Å². The summed E-state index contributed by atoms with van der Waals surface area (Å²) >= 11 is 6.07. The number of nitrogens with zero attached hydrogens (tertiary/aromatic N) is 1. The van der Waals surface area contributed by atoms with E-state index < -0.39 is 10.1 Å².